The highest BCUT2D eigenvalue weighted by atomic mass is 32.1. The minimum absolute atomic E-state index is 0.0997. The Morgan fingerprint density at radius 1 is 1.33 bits per heavy atom. The van der Waals surface area contributed by atoms with Gasteiger partial charge in [-0.15, -0.1) is 11.3 Å². The van der Waals surface area contributed by atoms with E-state index in [4.69, 9.17) is 14.3 Å². The average molecular weight is 382 g/mol. The lowest BCUT2D eigenvalue weighted by molar-refractivity contribution is 0.0660. The maximum atomic E-state index is 13.0. The minimum Gasteiger partial charge on any atom is -0.497 e. The van der Waals surface area contributed by atoms with Crippen molar-refractivity contribution in [1.82, 2.24) is 9.55 Å². The first-order valence-electron chi connectivity index (χ1n) is 8.00. The molecule has 0 atom stereocenters. The van der Waals surface area contributed by atoms with E-state index >= 15 is 0 Å². The van der Waals surface area contributed by atoms with Crippen LogP contribution >= 0.6 is 11.3 Å². The number of thiophene rings is 1. The highest BCUT2D eigenvalue weighted by Gasteiger charge is 2.15. The van der Waals surface area contributed by atoms with Crippen molar-refractivity contribution in [3.63, 3.8) is 0 Å². The molecule has 1 aromatic carbocycles. The molecule has 0 radical (unpaired) electrons. The van der Waals surface area contributed by atoms with Gasteiger partial charge in [-0.05, 0) is 29.8 Å². The van der Waals surface area contributed by atoms with Crippen LogP contribution in [-0.2, 0) is 6.54 Å². The third-order valence-electron chi connectivity index (χ3n) is 4.14. The van der Waals surface area contributed by atoms with Crippen LogP contribution in [0.2, 0.25) is 0 Å². The topological polar surface area (TPSA) is 94.6 Å². The first-order valence-corrected chi connectivity index (χ1v) is 8.88. The van der Waals surface area contributed by atoms with Gasteiger partial charge in [0.25, 0.3) is 5.56 Å². The van der Waals surface area contributed by atoms with Gasteiger partial charge in [-0.3, -0.25) is 9.36 Å². The molecule has 4 aromatic rings. The molecule has 136 valence electrons. The third-order valence-corrected chi connectivity index (χ3v) is 5.03. The van der Waals surface area contributed by atoms with Gasteiger partial charge in [0.1, 0.15) is 16.3 Å². The molecule has 0 fully saturated rings. The Kier molecular flexibility index (Phi) is 4.25. The van der Waals surface area contributed by atoms with E-state index in [1.54, 1.807) is 7.11 Å². The summed E-state index contributed by atoms with van der Waals surface area (Å²) in [4.78, 5) is 29.0. The zero-order valence-electron chi connectivity index (χ0n) is 14.2. The number of benzene rings is 1. The Labute approximate surface area is 157 Å². The largest absolute Gasteiger partial charge is 0.497 e. The number of furan rings is 1. The number of carboxylic acids is 1. The molecule has 3 heterocycles. The Morgan fingerprint density at radius 2 is 2.19 bits per heavy atom. The van der Waals surface area contributed by atoms with Crippen molar-refractivity contribution in [1.29, 1.82) is 0 Å². The Hall–Kier alpha value is -3.39. The molecule has 7 nitrogen and oxygen atoms in total. The SMILES string of the molecule is COc1cccc(-c2csc3ncn(Cc4ccc(C(=O)O)o4)c(=O)c23)c1. The molecule has 0 saturated heterocycles. The molecule has 0 saturated carbocycles. The fourth-order valence-electron chi connectivity index (χ4n) is 2.83. The number of fused-ring (bicyclic) bond motifs is 1. The summed E-state index contributed by atoms with van der Waals surface area (Å²) in [5, 5.41) is 11.4. The summed E-state index contributed by atoms with van der Waals surface area (Å²) in [5.41, 5.74) is 1.43. The number of hydrogen-bond acceptors (Lipinski definition) is 6. The van der Waals surface area contributed by atoms with E-state index in [2.05, 4.69) is 4.98 Å². The quantitative estimate of drug-likeness (QED) is 0.568. The van der Waals surface area contributed by atoms with Crippen molar-refractivity contribution < 1.29 is 19.1 Å². The predicted octanol–water partition coefficient (Wildman–Crippen LogP) is 3.47. The average Bonchev–Trinajstić information content (AvgIpc) is 3.31. The van der Waals surface area contributed by atoms with E-state index in [9.17, 15) is 9.59 Å². The molecule has 1 N–H and O–H groups in total. The van der Waals surface area contributed by atoms with Crippen LogP contribution in [0.5, 0.6) is 5.75 Å². The van der Waals surface area contributed by atoms with E-state index in [0.717, 1.165) is 11.1 Å². The maximum Gasteiger partial charge on any atom is 0.371 e. The fourth-order valence-corrected chi connectivity index (χ4v) is 3.74. The molecule has 0 aliphatic rings. The van der Waals surface area contributed by atoms with Gasteiger partial charge in [0, 0.05) is 10.9 Å². The van der Waals surface area contributed by atoms with Crippen molar-refractivity contribution >= 4 is 27.5 Å². The molecule has 0 aliphatic heterocycles. The van der Waals surface area contributed by atoms with Gasteiger partial charge in [0.2, 0.25) is 5.76 Å². The van der Waals surface area contributed by atoms with Crippen molar-refractivity contribution in [2.24, 2.45) is 0 Å². The van der Waals surface area contributed by atoms with Crippen molar-refractivity contribution in [3.8, 4) is 16.9 Å². The number of nitrogens with zero attached hydrogens (tertiary/aromatic N) is 2. The summed E-state index contributed by atoms with van der Waals surface area (Å²) in [7, 11) is 1.59. The molecule has 0 amide bonds. The monoisotopic (exact) mass is 382 g/mol. The van der Waals surface area contributed by atoms with E-state index < -0.39 is 5.97 Å². The molecule has 0 unspecified atom stereocenters. The van der Waals surface area contributed by atoms with Crippen molar-refractivity contribution in [2.75, 3.05) is 7.11 Å². The zero-order chi connectivity index (χ0) is 19.0. The Morgan fingerprint density at radius 3 is 2.93 bits per heavy atom. The zero-order valence-corrected chi connectivity index (χ0v) is 15.0. The first-order chi connectivity index (χ1) is 13.1. The number of carboxylic acid groups (broad SMARTS) is 1. The van der Waals surface area contributed by atoms with Crippen LogP contribution in [0.1, 0.15) is 16.3 Å². The van der Waals surface area contributed by atoms with Crippen LogP contribution in [0, 0.1) is 0 Å². The smallest absolute Gasteiger partial charge is 0.371 e. The molecule has 4 rings (SSSR count). The molecule has 27 heavy (non-hydrogen) atoms. The van der Waals surface area contributed by atoms with Crippen LogP contribution in [0.15, 0.2) is 57.3 Å². The standard InChI is InChI=1S/C19H14N2O5S/c1-25-12-4-2-3-11(7-12)14-9-27-17-16(14)18(22)21(10-20-17)8-13-5-6-15(26-13)19(23)24/h2-7,9-10H,8H2,1H3,(H,23,24). The molecule has 0 bridgehead atoms. The molecule has 3 aromatic heterocycles. The van der Waals surface area contributed by atoms with Gasteiger partial charge < -0.3 is 14.3 Å². The second-order valence-electron chi connectivity index (χ2n) is 5.81. The fraction of sp³-hybridized carbons (Fsp3) is 0.105. The molecule has 0 spiro atoms. The summed E-state index contributed by atoms with van der Waals surface area (Å²) in [6.07, 6.45) is 1.44. The van der Waals surface area contributed by atoms with Gasteiger partial charge in [-0.1, -0.05) is 12.1 Å². The van der Waals surface area contributed by atoms with Gasteiger partial charge in [-0.25, -0.2) is 9.78 Å². The summed E-state index contributed by atoms with van der Waals surface area (Å²) >= 11 is 1.39. The van der Waals surface area contributed by atoms with Crippen molar-refractivity contribution in [2.45, 2.75) is 6.54 Å². The lowest BCUT2D eigenvalue weighted by atomic mass is 10.1. The van der Waals surface area contributed by atoms with Gasteiger partial charge in [0.05, 0.1) is 25.4 Å². The number of ether oxygens (including phenoxy) is 1. The van der Waals surface area contributed by atoms with Crippen LogP contribution < -0.4 is 10.3 Å². The van der Waals surface area contributed by atoms with Crippen LogP contribution in [0.3, 0.4) is 0 Å². The highest BCUT2D eigenvalue weighted by molar-refractivity contribution is 7.17. The second kappa shape index (κ2) is 6.73. The van der Waals surface area contributed by atoms with Crippen molar-refractivity contribution in [3.05, 3.63) is 70.0 Å². The number of aromatic carboxylic acids is 1. The molecule has 0 aliphatic carbocycles. The second-order valence-corrected chi connectivity index (χ2v) is 6.67. The summed E-state index contributed by atoms with van der Waals surface area (Å²) < 4.78 is 11.9. The predicted molar refractivity (Wildman–Crippen MR) is 101 cm³/mol. The number of methoxy groups -OCH3 is 1. The Balaban J connectivity index is 1.79. The van der Waals surface area contributed by atoms with Crippen LogP contribution in [0.4, 0.5) is 0 Å². The number of aromatic nitrogens is 2. The van der Waals surface area contributed by atoms with E-state index in [1.807, 2.05) is 29.6 Å². The number of rotatable bonds is 5. The van der Waals surface area contributed by atoms with Crippen LogP contribution in [0.25, 0.3) is 21.3 Å². The normalized spacial score (nSPS) is 11.0. The van der Waals surface area contributed by atoms with Gasteiger partial charge >= 0.3 is 5.97 Å². The summed E-state index contributed by atoms with van der Waals surface area (Å²) in [6.45, 7) is 0.0997. The lowest BCUT2D eigenvalue weighted by Gasteiger charge is -2.06. The maximum absolute atomic E-state index is 13.0. The Bertz CT molecular complexity index is 1200. The highest BCUT2D eigenvalue weighted by Crippen LogP contribution is 2.32. The van der Waals surface area contributed by atoms with Gasteiger partial charge in [-0.2, -0.15) is 0 Å². The molecular weight excluding hydrogens is 368 g/mol. The molecule has 8 heteroatoms. The van der Waals surface area contributed by atoms with Gasteiger partial charge in [0.15, 0.2) is 0 Å². The number of carbonyl (C=O) groups is 1. The lowest BCUT2D eigenvalue weighted by Crippen LogP contribution is -2.20. The minimum atomic E-state index is -1.15. The van der Waals surface area contributed by atoms with E-state index in [0.29, 0.717) is 21.7 Å². The first kappa shape index (κ1) is 17.0. The number of hydrogen-bond donors (Lipinski definition) is 1. The third kappa shape index (κ3) is 3.11. The summed E-state index contributed by atoms with van der Waals surface area (Å²) in [6, 6.07) is 10.4. The molecular formula is C19H14N2O5S. The van der Waals surface area contributed by atoms with Crippen LogP contribution in [-0.4, -0.2) is 27.7 Å². The summed E-state index contributed by atoms with van der Waals surface area (Å²) in [5.74, 6) is -0.248. The van der Waals surface area contributed by atoms with E-state index in [-0.39, 0.29) is 17.9 Å². The van der Waals surface area contributed by atoms with E-state index in [1.165, 1.54) is 34.4 Å².